The molecule has 0 saturated heterocycles. The van der Waals surface area contributed by atoms with Crippen LogP contribution in [0.4, 0.5) is 26.3 Å². The fourth-order valence-corrected chi connectivity index (χ4v) is 4.49. The van der Waals surface area contributed by atoms with E-state index in [1.165, 1.54) is 0 Å². The maximum absolute atomic E-state index is 16.0. The molecule has 0 aromatic carbocycles. The van der Waals surface area contributed by atoms with Gasteiger partial charge in [0.15, 0.2) is 0 Å². The number of halogens is 10. The summed E-state index contributed by atoms with van der Waals surface area (Å²) in [7, 11) is 0. The highest BCUT2D eigenvalue weighted by Crippen LogP contribution is 2.60. The maximum Gasteiger partial charge on any atom is 0.457 e. The molecular weight excluding hydrogens is 468 g/mol. The summed E-state index contributed by atoms with van der Waals surface area (Å²) in [6.45, 7) is 0. The van der Waals surface area contributed by atoms with Crippen LogP contribution >= 0.6 is 46.4 Å². The molecule has 0 saturated carbocycles. The summed E-state index contributed by atoms with van der Waals surface area (Å²) in [6, 6.07) is 0. The van der Waals surface area contributed by atoms with Gasteiger partial charge < -0.3 is 10.2 Å². The normalized spacial score (nSPS) is 32.1. The molecule has 0 radical (unpaired) electrons. The molecule has 2 atom stereocenters. The van der Waals surface area contributed by atoms with Crippen LogP contribution in [0.25, 0.3) is 0 Å². The lowest BCUT2D eigenvalue weighted by Crippen LogP contribution is -2.75. The molecule has 0 amide bonds. The zero-order valence-electron chi connectivity index (χ0n) is 12.9. The van der Waals surface area contributed by atoms with Crippen LogP contribution in [0.3, 0.4) is 0 Å². The van der Waals surface area contributed by atoms with Crippen molar-refractivity contribution in [2.45, 2.75) is 41.8 Å². The van der Waals surface area contributed by atoms with Crippen molar-refractivity contribution in [3.63, 3.8) is 0 Å². The van der Waals surface area contributed by atoms with Gasteiger partial charge in [-0.2, -0.15) is 22.0 Å². The van der Waals surface area contributed by atoms with Gasteiger partial charge in [-0.25, -0.2) is 4.39 Å². The van der Waals surface area contributed by atoms with Crippen molar-refractivity contribution < 1.29 is 36.6 Å². The molecule has 12 heteroatoms. The van der Waals surface area contributed by atoms with E-state index in [0.717, 1.165) is 12.2 Å². The Morgan fingerprint density at radius 2 is 1.07 bits per heavy atom. The number of rotatable bonds is 3. The first kappa shape index (κ1) is 22.9. The average molecular weight is 478 g/mol. The highest BCUT2D eigenvalue weighted by molar-refractivity contribution is 6.35. The van der Waals surface area contributed by atoms with Crippen molar-refractivity contribution in [2.75, 3.05) is 0 Å². The second-order valence-corrected chi connectivity index (χ2v) is 8.02. The van der Waals surface area contributed by atoms with E-state index in [9.17, 15) is 32.2 Å². The topological polar surface area (TPSA) is 40.5 Å². The van der Waals surface area contributed by atoms with E-state index in [2.05, 4.69) is 0 Å². The first-order valence-corrected chi connectivity index (χ1v) is 8.57. The van der Waals surface area contributed by atoms with E-state index >= 15 is 4.39 Å². The predicted molar refractivity (Wildman–Crippen MR) is 89.7 cm³/mol. The van der Waals surface area contributed by atoms with Crippen LogP contribution in [0.5, 0.6) is 0 Å². The lowest BCUT2D eigenvalue weighted by molar-refractivity contribution is -0.374. The van der Waals surface area contributed by atoms with Gasteiger partial charge in [0.1, 0.15) is 11.2 Å². The minimum absolute atomic E-state index is 0.228. The molecule has 2 aliphatic rings. The van der Waals surface area contributed by atoms with Gasteiger partial charge in [-0.3, -0.25) is 0 Å². The lowest BCUT2D eigenvalue weighted by atomic mass is 9.63. The van der Waals surface area contributed by atoms with Gasteiger partial charge >= 0.3 is 12.1 Å². The summed E-state index contributed by atoms with van der Waals surface area (Å²) in [6.07, 6.45) is -6.65. The Balaban J connectivity index is 2.84. The third kappa shape index (κ3) is 3.53. The Morgan fingerprint density at radius 1 is 0.741 bits per heavy atom. The molecule has 2 nitrogen and oxygen atoms in total. The smallest absolute Gasteiger partial charge is 0.382 e. The van der Waals surface area contributed by atoms with Gasteiger partial charge in [-0.05, 0) is 24.3 Å². The van der Waals surface area contributed by atoms with E-state index in [0.29, 0.717) is 0 Å². The highest BCUT2D eigenvalue weighted by Gasteiger charge is 2.83. The monoisotopic (exact) mass is 476 g/mol. The molecular formula is C15H10Cl4F6O2. The Labute approximate surface area is 169 Å². The van der Waals surface area contributed by atoms with Crippen LogP contribution in [0.15, 0.2) is 44.4 Å². The fourth-order valence-electron chi connectivity index (χ4n) is 3.11. The van der Waals surface area contributed by atoms with Crippen molar-refractivity contribution >= 4 is 46.4 Å². The Bertz CT molecular complexity index is 725. The molecule has 0 bridgehead atoms. The first-order valence-electron chi connectivity index (χ1n) is 7.06. The molecule has 0 heterocycles. The van der Waals surface area contributed by atoms with Crippen LogP contribution in [-0.4, -0.2) is 39.2 Å². The molecule has 2 rings (SSSR count). The molecule has 2 aliphatic carbocycles. The zero-order chi connectivity index (χ0) is 21.1. The van der Waals surface area contributed by atoms with Gasteiger partial charge in [-0.15, -0.1) is 0 Å². The second-order valence-electron chi connectivity index (χ2n) is 6.17. The fraction of sp³-hybridized carbons (Fsp3) is 0.467. The van der Waals surface area contributed by atoms with Crippen LogP contribution in [0.1, 0.15) is 12.8 Å². The van der Waals surface area contributed by atoms with Crippen molar-refractivity contribution in [3.8, 4) is 0 Å². The molecule has 0 aliphatic heterocycles. The van der Waals surface area contributed by atoms with Crippen LogP contribution in [-0.2, 0) is 0 Å². The zero-order valence-corrected chi connectivity index (χ0v) is 15.9. The standard InChI is InChI=1S/C15H10Cl4F6O2/c16-7-1-8(17)4-11(26,3-7)13(20,14(21,22)15(23,24)25)12(27)5-9(18)2-10(19)6-12/h1-3,5,26-27H,4,6H2. The average Bonchev–Trinajstić information content (AvgIpc) is 2.41. The summed E-state index contributed by atoms with van der Waals surface area (Å²) in [5.74, 6) is -6.27. The molecule has 152 valence electrons. The summed E-state index contributed by atoms with van der Waals surface area (Å²) >= 11 is 22.5. The van der Waals surface area contributed by atoms with Crippen molar-refractivity contribution in [2.24, 2.45) is 0 Å². The summed E-state index contributed by atoms with van der Waals surface area (Å²) < 4.78 is 84.3. The SMILES string of the molecule is OC1(C(F)(C2(O)C=C(Cl)C=C(Cl)C2)C(F)(F)C(F)(F)F)C=C(Cl)C=C(Cl)C1. The molecule has 2 N–H and O–H groups in total. The van der Waals surface area contributed by atoms with Gasteiger partial charge in [0.25, 0.3) is 0 Å². The molecule has 0 spiro atoms. The van der Waals surface area contributed by atoms with Crippen molar-refractivity contribution in [3.05, 3.63) is 44.4 Å². The second kappa shape index (κ2) is 6.85. The quantitative estimate of drug-likeness (QED) is 0.515. The third-order valence-corrected chi connectivity index (χ3v) is 5.12. The Morgan fingerprint density at radius 3 is 1.33 bits per heavy atom. The van der Waals surface area contributed by atoms with Gasteiger partial charge in [0, 0.05) is 33.0 Å². The van der Waals surface area contributed by atoms with E-state index < -0.39 is 61.9 Å². The molecule has 0 aromatic rings. The van der Waals surface area contributed by atoms with Crippen LogP contribution in [0.2, 0.25) is 0 Å². The number of hydrogen-bond acceptors (Lipinski definition) is 2. The Kier molecular flexibility index (Phi) is 5.81. The van der Waals surface area contributed by atoms with E-state index in [-0.39, 0.29) is 12.2 Å². The number of allylic oxidation sites excluding steroid dienone is 4. The number of alkyl halides is 6. The number of hydrogen-bond donors (Lipinski definition) is 2. The summed E-state index contributed by atoms with van der Waals surface area (Å²) in [5, 5.41) is 18.9. The minimum Gasteiger partial charge on any atom is -0.382 e. The van der Waals surface area contributed by atoms with E-state index in [1.54, 1.807) is 0 Å². The van der Waals surface area contributed by atoms with Gasteiger partial charge in [0.2, 0.25) is 5.67 Å². The third-order valence-electron chi connectivity index (χ3n) is 4.20. The molecule has 2 unspecified atom stereocenters. The van der Waals surface area contributed by atoms with Gasteiger partial charge in [-0.1, -0.05) is 46.4 Å². The van der Waals surface area contributed by atoms with Crippen LogP contribution < -0.4 is 0 Å². The molecule has 0 aromatic heterocycles. The van der Waals surface area contributed by atoms with Crippen LogP contribution in [0, 0.1) is 0 Å². The summed E-state index contributed by atoms with van der Waals surface area (Å²) in [5.41, 5.74) is -12.4. The summed E-state index contributed by atoms with van der Waals surface area (Å²) in [4.78, 5) is 0. The van der Waals surface area contributed by atoms with E-state index in [4.69, 9.17) is 46.4 Å². The maximum atomic E-state index is 16.0. The number of aliphatic hydroxyl groups is 2. The predicted octanol–water partition coefficient (Wildman–Crippen LogP) is 5.65. The largest absolute Gasteiger partial charge is 0.457 e. The molecule has 27 heavy (non-hydrogen) atoms. The van der Waals surface area contributed by atoms with Crippen molar-refractivity contribution in [1.82, 2.24) is 0 Å². The minimum atomic E-state index is -6.50. The van der Waals surface area contributed by atoms with Gasteiger partial charge in [0.05, 0.1) is 0 Å². The highest BCUT2D eigenvalue weighted by atomic mass is 35.5. The van der Waals surface area contributed by atoms with E-state index in [1.807, 2.05) is 0 Å². The molecule has 0 fully saturated rings. The first-order chi connectivity index (χ1) is 12.0. The Hall–Kier alpha value is -0.380. The lowest BCUT2D eigenvalue weighted by Gasteiger charge is -2.52. The van der Waals surface area contributed by atoms with Crippen molar-refractivity contribution in [1.29, 1.82) is 0 Å².